The second-order valence-corrected chi connectivity index (χ2v) is 6.60. The third-order valence-electron chi connectivity index (χ3n) is 4.64. The summed E-state index contributed by atoms with van der Waals surface area (Å²) in [6, 6.07) is 9.65. The van der Waals surface area contributed by atoms with Crippen LogP contribution >= 0.6 is 0 Å². The van der Waals surface area contributed by atoms with Crippen LogP contribution in [-0.2, 0) is 6.54 Å². The van der Waals surface area contributed by atoms with Crippen LogP contribution in [0.2, 0.25) is 0 Å². The molecule has 2 aromatic carbocycles. The van der Waals surface area contributed by atoms with Gasteiger partial charge in [-0.2, -0.15) is 0 Å². The summed E-state index contributed by atoms with van der Waals surface area (Å²) >= 11 is 0. The van der Waals surface area contributed by atoms with Crippen LogP contribution in [-0.4, -0.2) is 29.6 Å². The fourth-order valence-electron chi connectivity index (χ4n) is 3.18. The molecule has 3 aromatic heterocycles. The Hall–Kier alpha value is -4.41. The molecule has 0 aliphatic heterocycles. The van der Waals surface area contributed by atoms with E-state index in [-0.39, 0.29) is 23.3 Å². The molecule has 0 unspecified atom stereocenters. The fourth-order valence-corrected chi connectivity index (χ4v) is 3.18. The highest BCUT2D eigenvalue weighted by atomic mass is 19.1. The van der Waals surface area contributed by atoms with Gasteiger partial charge < -0.3 is 10.3 Å². The molecule has 0 amide bonds. The van der Waals surface area contributed by atoms with Crippen LogP contribution in [0, 0.1) is 11.6 Å². The van der Waals surface area contributed by atoms with Gasteiger partial charge >= 0.3 is 0 Å². The van der Waals surface area contributed by atoms with Crippen molar-refractivity contribution >= 4 is 33.6 Å². The van der Waals surface area contributed by atoms with Crippen molar-refractivity contribution in [3.8, 4) is 0 Å². The molecule has 0 atom stereocenters. The molecule has 9 nitrogen and oxygen atoms in total. The van der Waals surface area contributed by atoms with Crippen LogP contribution < -0.4 is 16.3 Å². The van der Waals surface area contributed by atoms with Gasteiger partial charge in [-0.25, -0.2) is 33.4 Å². The van der Waals surface area contributed by atoms with Gasteiger partial charge in [0.25, 0.3) is 5.56 Å². The van der Waals surface area contributed by atoms with Gasteiger partial charge in [0.2, 0.25) is 0 Å². The number of aromatic amines is 1. The largest absolute Gasteiger partial charge is 0.361 e. The summed E-state index contributed by atoms with van der Waals surface area (Å²) in [5.74, 6) is -0.378. The van der Waals surface area contributed by atoms with Crippen LogP contribution in [0.5, 0.6) is 0 Å². The van der Waals surface area contributed by atoms with Crippen molar-refractivity contribution < 1.29 is 8.78 Å². The predicted molar refractivity (Wildman–Crippen MR) is 110 cm³/mol. The Morgan fingerprint density at radius 3 is 2.71 bits per heavy atom. The van der Waals surface area contributed by atoms with Gasteiger partial charge in [-0.15, -0.1) is 0 Å². The molecule has 3 N–H and O–H groups in total. The molecule has 5 rings (SSSR count). The van der Waals surface area contributed by atoms with Gasteiger partial charge in [-0.05, 0) is 36.4 Å². The molecule has 0 fully saturated rings. The normalized spacial score (nSPS) is 11.2. The van der Waals surface area contributed by atoms with E-state index in [4.69, 9.17) is 0 Å². The predicted octanol–water partition coefficient (Wildman–Crippen LogP) is 2.83. The lowest BCUT2D eigenvalue weighted by molar-refractivity contribution is 0.627. The Bertz CT molecular complexity index is 1460. The molecule has 11 heteroatoms. The van der Waals surface area contributed by atoms with Crippen LogP contribution in [0.25, 0.3) is 22.1 Å². The summed E-state index contributed by atoms with van der Waals surface area (Å²) in [6.45, 7) is 0.0705. The van der Waals surface area contributed by atoms with Crippen molar-refractivity contribution in [2.75, 3.05) is 10.7 Å². The molecule has 3 heterocycles. The smallest absolute Gasteiger partial charge is 0.283 e. The molecule has 5 aromatic rings. The number of hydrogen-bond donors (Lipinski definition) is 3. The van der Waals surface area contributed by atoms with E-state index >= 15 is 0 Å². The van der Waals surface area contributed by atoms with Gasteiger partial charge in [0.1, 0.15) is 28.9 Å². The van der Waals surface area contributed by atoms with E-state index in [9.17, 15) is 13.6 Å². The highest BCUT2D eigenvalue weighted by molar-refractivity contribution is 5.82. The van der Waals surface area contributed by atoms with E-state index in [1.807, 2.05) is 0 Å². The van der Waals surface area contributed by atoms with E-state index in [2.05, 4.69) is 35.7 Å². The van der Waals surface area contributed by atoms with Crippen molar-refractivity contribution in [2.24, 2.45) is 0 Å². The lowest BCUT2D eigenvalue weighted by Gasteiger charge is -2.16. The van der Waals surface area contributed by atoms with Crippen molar-refractivity contribution in [2.45, 2.75) is 6.54 Å². The summed E-state index contributed by atoms with van der Waals surface area (Å²) < 4.78 is 28.8. The molecule has 0 aliphatic carbocycles. The van der Waals surface area contributed by atoms with E-state index in [1.165, 1.54) is 49.1 Å². The summed E-state index contributed by atoms with van der Waals surface area (Å²) in [6.07, 6.45) is 2.85. The molecule has 0 saturated heterocycles. The van der Waals surface area contributed by atoms with Crippen molar-refractivity contribution in [3.63, 3.8) is 0 Å². The number of imidazole rings is 1. The van der Waals surface area contributed by atoms with Crippen LogP contribution in [0.3, 0.4) is 0 Å². The standard InChI is InChI=1S/C20H14F2N8O/c21-11-4-6-12(7-5-11)29-30-15(28-14-3-1-2-13(22)16(14)20(30)31)8-23-18-17-19(25-9-24-17)27-10-26-18/h1-7,9-10,29H,8H2,(H2,23,24,25,26,27). The first-order chi connectivity index (χ1) is 15.1. The average molecular weight is 420 g/mol. The van der Waals surface area contributed by atoms with Gasteiger partial charge in [-0.1, -0.05) is 6.07 Å². The molecule has 0 bridgehead atoms. The van der Waals surface area contributed by atoms with Crippen LogP contribution in [0.4, 0.5) is 20.3 Å². The van der Waals surface area contributed by atoms with Gasteiger partial charge in [0.15, 0.2) is 17.3 Å². The summed E-state index contributed by atoms with van der Waals surface area (Å²) in [4.78, 5) is 32.8. The van der Waals surface area contributed by atoms with Gasteiger partial charge in [0, 0.05) is 0 Å². The second kappa shape index (κ2) is 7.44. The zero-order chi connectivity index (χ0) is 21.4. The first-order valence-corrected chi connectivity index (χ1v) is 9.21. The van der Waals surface area contributed by atoms with E-state index in [0.29, 0.717) is 22.7 Å². The molecule has 0 spiro atoms. The Labute approximate surface area is 172 Å². The number of H-pyrrole nitrogens is 1. The third kappa shape index (κ3) is 3.41. The lowest BCUT2D eigenvalue weighted by Crippen LogP contribution is -2.32. The SMILES string of the molecule is O=c1c2c(F)cccc2nc(CNc2ncnc3nc[nH]c23)n1Nc1ccc(F)cc1. The maximum absolute atomic E-state index is 14.4. The molecule has 0 aliphatic rings. The number of benzene rings is 2. The zero-order valence-corrected chi connectivity index (χ0v) is 15.8. The summed E-state index contributed by atoms with van der Waals surface area (Å²) in [5.41, 5.74) is 3.96. The highest BCUT2D eigenvalue weighted by Crippen LogP contribution is 2.17. The zero-order valence-electron chi connectivity index (χ0n) is 15.8. The molecular formula is C20H14F2N8O. The molecule has 0 saturated carbocycles. The van der Waals surface area contributed by atoms with Crippen molar-refractivity contribution in [1.82, 2.24) is 29.6 Å². The minimum absolute atomic E-state index is 0.0705. The number of nitrogens with one attached hydrogen (secondary N) is 3. The highest BCUT2D eigenvalue weighted by Gasteiger charge is 2.15. The number of nitrogens with zero attached hydrogens (tertiary/aromatic N) is 5. The monoisotopic (exact) mass is 420 g/mol. The van der Waals surface area contributed by atoms with Crippen molar-refractivity contribution in [3.05, 3.63) is 82.9 Å². The van der Waals surface area contributed by atoms with Crippen LogP contribution in [0.15, 0.2) is 59.9 Å². The minimum atomic E-state index is -0.681. The maximum atomic E-state index is 14.4. The number of aromatic nitrogens is 6. The lowest BCUT2D eigenvalue weighted by atomic mass is 10.2. The number of fused-ring (bicyclic) bond motifs is 2. The van der Waals surface area contributed by atoms with Gasteiger partial charge in [-0.3, -0.25) is 10.2 Å². The third-order valence-corrected chi connectivity index (χ3v) is 4.64. The Morgan fingerprint density at radius 2 is 1.87 bits per heavy atom. The van der Waals surface area contributed by atoms with Crippen LogP contribution in [0.1, 0.15) is 5.82 Å². The number of anilines is 2. The van der Waals surface area contributed by atoms with E-state index in [0.717, 1.165) is 4.68 Å². The number of halogens is 2. The summed E-state index contributed by atoms with van der Waals surface area (Å²) in [7, 11) is 0. The Balaban J connectivity index is 1.59. The van der Waals surface area contributed by atoms with E-state index in [1.54, 1.807) is 6.07 Å². The fraction of sp³-hybridized carbons (Fsp3) is 0.0500. The van der Waals surface area contributed by atoms with E-state index < -0.39 is 17.2 Å². The first kappa shape index (κ1) is 18.6. The quantitative estimate of drug-likeness (QED) is 0.401. The van der Waals surface area contributed by atoms with Crippen molar-refractivity contribution in [1.29, 1.82) is 0 Å². The Kier molecular flexibility index (Phi) is 4.47. The minimum Gasteiger partial charge on any atom is -0.361 e. The summed E-state index contributed by atoms with van der Waals surface area (Å²) in [5, 5.41) is 2.94. The average Bonchev–Trinajstić information content (AvgIpc) is 3.25. The topological polar surface area (TPSA) is 113 Å². The molecule has 154 valence electrons. The molecular weight excluding hydrogens is 406 g/mol. The second-order valence-electron chi connectivity index (χ2n) is 6.60. The molecule has 31 heavy (non-hydrogen) atoms. The first-order valence-electron chi connectivity index (χ1n) is 9.21. The number of hydrogen-bond acceptors (Lipinski definition) is 7. The number of rotatable bonds is 5. The maximum Gasteiger partial charge on any atom is 0.283 e. The Morgan fingerprint density at radius 1 is 1.03 bits per heavy atom. The van der Waals surface area contributed by atoms with Gasteiger partial charge in [0.05, 0.1) is 24.1 Å². The molecule has 0 radical (unpaired) electrons.